The van der Waals surface area contributed by atoms with Crippen LogP contribution in [0.25, 0.3) is 0 Å². The lowest BCUT2D eigenvalue weighted by Crippen LogP contribution is -2.44. The van der Waals surface area contributed by atoms with E-state index >= 15 is 0 Å². The van der Waals surface area contributed by atoms with Gasteiger partial charge in [0.05, 0.1) is 6.54 Å². The quantitative estimate of drug-likeness (QED) is 0.648. The van der Waals surface area contributed by atoms with E-state index in [1.54, 1.807) is 11.9 Å². The summed E-state index contributed by atoms with van der Waals surface area (Å²) in [6.45, 7) is 2.63. The van der Waals surface area contributed by atoms with E-state index < -0.39 is 12.0 Å². The van der Waals surface area contributed by atoms with Crippen molar-refractivity contribution in [2.75, 3.05) is 20.1 Å². The fourth-order valence-electron chi connectivity index (χ4n) is 1.39. The highest BCUT2D eigenvalue weighted by atomic mass is 16.4. The summed E-state index contributed by atoms with van der Waals surface area (Å²) < 4.78 is 0. The van der Waals surface area contributed by atoms with Crippen molar-refractivity contribution >= 4 is 11.9 Å². The molecule has 1 aliphatic rings. The third-order valence-corrected chi connectivity index (χ3v) is 2.73. The number of carboxylic acids is 1. The highest BCUT2D eigenvalue weighted by molar-refractivity contribution is 5.80. The molecule has 1 saturated carbocycles. The van der Waals surface area contributed by atoms with Crippen LogP contribution in [0.15, 0.2) is 0 Å². The summed E-state index contributed by atoms with van der Waals surface area (Å²) in [7, 11) is 1.71. The second kappa shape index (κ2) is 5.11. The first-order chi connectivity index (χ1) is 7.06. The average molecular weight is 214 g/mol. The zero-order chi connectivity index (χ0) is 11.4. The van der Waals surface area contributed by atoms with Crippen LogP contribution in [-0.2, 0) is 9.59 Å². The molecule has 1 amide bonds. The van der Waals surface area contributed by atoms with Gasteiger partial charge in [-0.05, 0) is 25.7 Å². The molecular formula is C10H18N2O3. The van der Waals surface area contributed by atoms with E-state index in [9.17, 15) is 9.59 Å². The Hall–Kier alpha value is -1.10. The number of nitrogens with one attached hydrogen (secondary N) is 1. The van der Waals surface area contributed by atoms with Crippen molar-refractivity contribution in [1.82, 2.24) is 10.2 Å². The largest absolute Gasteiger partial charge is 0.480 e. The highest BCUT2D eigenvalue weighted by Crippen LogP contribution is 2.32. The van der Waals surface area contributed by atoms with E-state index in [-0.39, 0.29) is 18.4 Å². The smallest absolute Gasteiger partial charge is 0.320 e. The number of carboxylic acid groups (broad SMARTS) is 1. The third-order valence-electron chi connectivity index (χ3n) is 2.73. The van der Waals surface area contributed by atoms with Gasteiger partial charge in [0.25, 0.3) is 0 Å². The Balaban J connectivity index is 2.33. The van der Waals surface area contributed by atoms with Gasteiger partial charge in [0.2, 0.25) is 5.91 Å². The van der Waals surface area contributed by atoms with E-state index in [2.05, 4.69) is 5.32 Å². The molecule has 0 spiro atoms. The van der Waals surface area contributed by atoms with Crippen molar-refractivity contribution in [3.05, 3.63) is 0 Å². The lowest BCUT2D eigenvalue weighted by atomic mass is 10.2. The summed E-state index contributed by atoms with van der Waals surface area (Å²) in [5.41, 5.74) is 0. The molecule has 1 aliphatic carbocycles. The number of hydrogen-bond acceptors (Lipinski definition) is 3. The average Bonchev–Trinajstić information content (AvgIpc) is 3.00. The molecular weight excluding hydrogens is 196 g/mol. The fourth-order valence-corrected chi connectivity index (χ4v) is 1.39. The Labute approximate surface area is 89.4 Å². The van der Waals surface area contributed by atoms with Gasteiger partial charge < -0.3 is 10.0 Å². The fraction of sp³-hybridized carbons (Fsp3) is 0.800. The number of carbonyl (C=O) groups is 2. The van der Waals surface area contributed by atoms with Gasteiger partial charge in [-0.2, -0.15) is 0 Å². The molecule has 0 radical (unpaired) electrons. The standard InChI is InChI=1S/C10H18N2O3/c1-3-12(2)8(13)6-11-9(10(14)15)7-4-5-7/h7,9,11H,3-6H2,1-2H3,(H,14,15). The molecule has 0 saturated heterocycles. The minimum absolute atomic E-state index is 0.0654. The second-order valence-electron chi connectivity index (χ2n) is 3.94. The van der Waals surface area contributed by atoms with E-state index in [1.807, 2.05) is 6.92 Å². The van der Waals surface area contributed by atoms with Crippen molar-refractivity contribution < 1.29 is 14.7 Å². The maximum atomic E-state index is 11.4. The van der Waals surface area contributed by atoms with Crippen LogP contribution in [-0.4, -0.2) is 48.1 Å². The normalized spacial score (nSPS) is 17.2. The molecule has 0 heterocycles. The summed E-state index contributed by atoms with van der Waals surface area (Å²) in [6, 6.07) is -0.556. The van der Waals surface area contributed by atoms with Gasteiger partial charge in [-0.25, -0.2) is 0 Å². The molecule has 86 valence electrons. The summed E-state index contributed by atoms with van der Waals surface area (Å²) in [5, 5.41) is 11.7. The molecule has 5 nitrogen and oxygen atoms in total. The van der Waals surface area contributed by atoms with Gasteiger partial charge in [0.15, 0.2) is 0 Å². The van der Waals surface area contributed by atoms with E-state index in [4.69, 9.17) is 5.11 Å². The number of likely N-dealkylation sites (N-methyl/N-ethyl adjacent to an activating group) is 1. The number of amides is 1. The Bertz CT molecular complexity index is 251. The van der Waals surface area contributed by atoms with Crippen molar-refractivity contribution in [2.24, 2.45) is 5.92 Å². The first-order valence-corrected chi connectivity index (χ1v) is 5.26. The lowest BCUT2D eigenvalue weighted by molar-refractivity contribution is -0.140. The predicted octanol–water partition coefficient (Wildman–Crippen LogP) is -0.0825. The lowest BCUT2D eigenvalue weighted by Gasteiger charge is -2.17. The van der Waals surface area contributed by atoms with Crippen LogP contribution in [0.2, 0.25) is 0 Å². The molecule has 0 bridgehead atoms. The van der Waals surface area contributed by atoms with Crippen molar-refractivity contribution in [1.29, 1.82) is 0 Å². The van der Waals surface area contributed by atoms with Gasteiger partial charge >= 0.3 is 5.97 Å². The number of carbonyl (C=O) groups excluding carboxylic acids is 1. The molecule has 2 N–H and O–H groups in total. The first-order valence-electron chi connectivity index (χ1n) is 5.26. The molecule has 1 fully saturated rings. The molecule has 0 aromatic rings. The monoisotopic (exact) mass is 214 g/mol. The van der Waals surface area contributed by atoms with Gasteiger partial charge in [-0.1, -0.05) is 0 Å². The minimum atomic E-state index is -0.857. The molecule has 1 atom stereocenters. The van der Waals surface area contributed by atoms with E-state index in [1.165, 1.54) is 0 Å². The number of hydrogen-bond donors (Lipinski definition) is 2. The van der Waals surface area contributed by atoms with Crippen LogP contribution >= 0.6 is 0 Å². The Morgan fingerprint density at radius 3 is 2.53 bits per heavy atom. The summed E-state index contributed by atoms with van der Waals surface area (Å²) in [6.07, 6.45) is 1.89. The van der Waals surface area contributed by atoms with Gasteiger partial charge in [0, 0.05) is 13.6 Å². The highest BCUT2D eigenvalue weighted by Gasteiger charge is 2.36. The molecule has 1 unspecified atom stereocenters. The molecule has 15 heavy (non-hydrogen) atoms. The van der Waals surface area contributed by atoms with E-state index in [0.29, 0.717) is 6.54 Å². The zero-order valence-electron chi connectivity index (χ0n) is 9.19. The van der Waals surface area contributed by atoms with Crippen LogP contribution in [0.4, 0.5) is 0 Å². The number of aliphatic carboxylic acids is 1. The maximum Gasteiger partial charge on any atom is 0.320 e. The molecule has 1 rings (SSSR count). The summed E-state index contributed by atoms with van der Waals surface area (Å²) >= 11 is 0. The van der Waals surface area contributed by atoms with Crippen LogP contribution in [0.3, 0.4) is 0 Å². The van der Waals surface area contributed by atoms with Crippen LogP contribution in [0.5, 0.6) is 0 Å². The maximum absolute atomic E-state index is 11.4. The summed E-state index contributed by atoms with van der Waals surface area (Å²) in [5.74, 6) is -0.712. The topological polar surface area (TPSA) is 69.6 Å². The minimum Gasteiger partial charge on any atom is -0.480 e. The Morgan fingerprint density at radius 2 is 2.13 bits per heavy atom. The van der Waals surface area contributed by atoms with Crippen molar-refractivity contribution in [3.8, 4) is 0 Å². The van der Waals surface area contributed by atoms with Crippen molar-refractivity contribution in [3.63, 3.8) is 0 Å². The number of nitrogens with zero attached hydrogens (tertiary/aromatic N) is 1. The van der Waals surface area contributed by atoms with Crippen molar-refractivity contribution in [2.45, 2.75) is 25.8 Å². The molecule has 0 aromatic carbocycles. The van der Waals surface area contributed by atoms with Gasteiger partial charge in [-0.15, -0.1) is 0 Å². The van der Waals surface area contributed by atoms with Gasteiger partial charge in [0.1, 0.15) is 6.04 Å². The van der Waals surface area contributed by atoms with Crippen LogP contribution in [0.1, 0.15) is 19.8 Å². The zero-order valence-corrected chi connectivity index (χ0v) is 9.19. The summed E-state index contributed by atoms with van der Waals surface area (Å²) in [4.78, 5) is 23.8. The molecule has 0 aromatic heterocycles. The second-order valence-corrected chi connectivity index (χ2v) is 3.94. The third kappa shape index (κ3) is 3.51. The first kappa shape index (κ1) is 12.0. The van der Waals surface area contributed by atoms with Crippen LogP contribution < -0.4 is 5.32 Å². The molecule has 5 heteroatoms. The Morgan fingerprint density at radius 1 is 1.53 bits per heavy atom. The SMILES string of the molecule is CCN(C)C(=O)CNC(C(=O)O)C1CC1. The molecule has 0 aliphatic heterocycles. The van der Waals surface area contributed by atoms with E-state index in [0.717, 1.165) is 12.8 Å². The number of rotatable bonds is 6. The Kier molecular flexibility index (Phi) is 4.08. The predicted molar refractivity (Wildman–Crippen MR) is 55.5 cm³/mol. The van der Waals surface area contributed by atoms with Gasteiger partial charge in [-0.3, -0.25) is 14.9 Å². The van der Waals surface area contributed by atoms with Crippen LogP contribution in [0, 0.1) is 5.92 Å².